The molecule has 0 radical (unpaired) electrons. The molecular weight excluding hydrogens is 420 g/mol. The Bertz CT molecular complexity index is 1320. The summed E-state index contributed by atoms with van der Waals surface area (Å²) in [6.07, 6.45) is 4.02. The summed E-state index contributed by atoms with van der Waals surface area (Å²) in [5, 5.41) is 3.88. The second-order valence-corrected chi connectivity index (χ2v) is 8.01. The third-order valence-electron chi connectivity index (χ3n) is 5.68. The molecule has 0 amide bonds. The fourth-order valence-electron chi connectivity index (χ4n) is 3.98. The van der Waals surface area contributed by atoms with Crippen LogP contribution >= 0.6 is 0 Å². The maximum Gasteiger partial charge on any atom is 0.257 e. The number of rotatable bonds is 4. The molecule has 0 spiro atoms. The van der Waals surface area contributed by atoms with Crippen molar-refractivity contribution in [1.82, 2.24) is 24.7 Å². The topological polar surface area (TPSA) is 99.2 Å². The molecule has 3 aromatic heterocycles. The van der Waals surface area contributed by atoms with Crippen LogP contribution in [0.5, 0.6) is 0 Å². The Morgan fingerprint density at radius 3 is 2.70 bits per heavy atom. The summed E-state index contributed by atoms with van der Waals surface area (Å²) in [7, 11) is 1.75. The molecule has 0 aliphatic carbocycles. The standard InChI is InChI=1S/C24H24N6O3/c1-16-26-23(33-28-16)19-6-3-5-18(13-19)21-15-30(11-4-12-32-21)24-27-20(14-22(31)29(24)2)17-7-9-25-10-8-17/h3,5-10,13-14,21H,4,11-12,15H2,1-2H3. The zero-order chi connectivity index (χ0) is 22.8. The third-order valence-corrected chi connectivity index (χ3v) is 5.68. The van der Waals surface area contributed by atoms with Gasteiger partial charge in [0.2, 0.25) is 5.95 Å². The zero-order valence-electron chi connectivity index (χ0n) is 18.5. The van der Waals surface area contributed by atoms with Gasteiger partial charge in [-0.15, -0.1) is 0 Å². The summed E-state index contributed by atoms with van der Waals surface area (Å²) in [5.74, 6) is 1.69. The summed E-state index contributed by atoms with van der Waals surface area (Å²) in [6, 6.07) is 13.2. The molecule has 168 valence electrons. The van der Waals surface area contributed by atoms with Gasteiger partial charge in [0, 0.05) is 49.8 Å². The smallest absolute Gasteiger partial charge is 0.257 e. The first-order valence-corrected chi connectivity index (χ1v) is 10.8. The number of pyridine rings is 1. The van der Waals surface area contributed by atoms with Crippen LogP contribution in [-0.2, 0) is 11.8 Å². The van der Waals surface area contributed by atoms with Crippen molar-refractivity contribution >= 4 is 5.95 Å². The second kappa shape index (κ2) is 8.95. The fraction of sp³-hybridized carbons (Fsp3) is 0.292. The van der Waals surface area contributed by atoms with Crippen molar-refractivity contribution < 1.29 is 9.26 Å². The van der Waals surface area contributed by atoms with Crippen LogP contribution in [0, 0.1) is 6.92 Å². The molecule has 1 aromatic carbocycles. The average molecular weight is 444 g/mol. The Balaban J connectivity index is 1.47. The predicted octanol–water partition coefficient (Wildman–Crippen LogP) is 3.17. The number of hydrogen-bond acceptors (Lipinski definition) is 8. The first-order chi connectivity index (χ1) is 16.1. The van der Waals surface area contributed by atoms with Gasteiger partial charge < -0.3 is 14.2 Å². The van der Waals surface area contributed by atoms with Crippen molar-refractivity contribution in [3.63, 3.8) is 0 Å². The number of ether oxygens (including phenoxy) is 1. The van der Waals surface area contributed by atoms with Crippen LogP contribution in [-0.4, -0.2) is 44.4 Å². The maximum absolute atomic E-state index is 12.7. The molecule has 4 aromatic rings. The highest BCUT2D eigenvalue weighted by atomic mass is 16.5. The number of benzene rings is 1. The molecule has 9 heteroatoms. The Hall–Kier alpha value is -3.85. The van der Waals surface area contributed by atoms with E-state index < -0.39 is 0 Å². The Morgan fingerprint density at radius 1 is 1.06 bits per heavy atom. The molecule has 33 heavy (non-hydrogen) atoms. The molecule has 0 N–H and O–H groups in total. The van der Waals surface area contributed by atoms with E-state index >= 15 is 0 Å². The van der Waals surface area contributed by atoms with Crippen molar-refractivity contribution in [2.45, 2.75) is 19.4 Å². The van der Waals surface area contributed by atoms with E-state index in [1.807, 2.05) is 36.4 Å². The van der Waals surface area contributed by atoms with Gasteiger partial charge in [0.25, 0.3) is 11.4 Å². The van der Waals surface area contributed by atoms with Crippen molar-refractivity contribution in [1.29, 1.82) is 0 Å². The summed E-state index contributed by atoms with van der Waals surface area (Å²) >= 11 is 0. The molecule has 4 heterocycles. The first-order valence-electron chi connectivity index (χ1n) is 10.8. The van der Waals surface area contributed by atoms with Crippen LogP contribution in [0.1, 0.15) is 23.9 Å². The molecular formula is C24H24N6O3. The number of hydrogen-bond donors (Lipinski definition) is 0. The van der Waals surface area contributed by atoms with E-state index in [0.29, 0.717) is 36.5 Å². The van der Waals surface area contributed by atoms with Gasteiger partial charge in [0.05, 0.1) is 12.2 Å². The predicted molar refractivity (Wildman–Crippen MR) is 123 cm³/mol. The first kappa shape index (κ1) is 21.0. The maximum atomic E-state index is 12.7. The minimum absolute atomic E-state index is 0.109. The Kier molecular flexibility index (Phi) is 5.70. The van der Waals surface area contributed by atoms with Crippen LogP contribution < -0.4 is 10.5 Å². The molecule has 1 aliphatic rings. The summed E-state index contributed by atoms with van der Waals surface area (Å²) < 4.78 is 13.1. The highest BCUT2D eigenvalue weighted by molar-refractivity contribution is 5.59. The molecule has 1 aliphatic heterocycles. The van der Waals surface area contributed by atoms with Crippen molar-refractivity contribution in [2.75, 3.05) is 24.6 Å². The zero-order valence-corrected chi connectivity index (χ0v) is 18.5. The van der Waals surface area contributed by atoms with Gasteiger partial charge in [-0.05, 0) is 43.2 Å². The lowest BCUT2D eigenvalue weighted by Gasteiger charge is -2.27. The number of aromatic nitrogens is 5. The minimum Gasteiger partial charge on any atom is -0.372 e. The van der Waals surface area contributed by atoms with E-state index in [1.54, 1.807) is 37.0 Å². The number of aryl methyl sites for hydroxylation is 1. The molecule has 5 rings (SSSR count). The normalized spacial score (nSPS) is 16.5. The molecule has 9 nitrogen and oxygen atoms in total. The van der Waals surface area contributed by atoms with Crippen molar-refractivity contribution in [3.8, 4) is 22.7 Å². The van der Waals surface area contributed by atoms with Gasteiger partial charge in [0.1, 0.15) is 6.10 Å². The molecule has 1 fully saturated rings. The Morgan fingerprint density at radius 2 is 1.91 bits per heavy atom. The van der Waals surface area contributed by atoms with E-state index in [9.17, 15) is 4.79 Å². The monoisotopic (exact) mass is 444 g/mol. The summed E-state index contributed by atoms with van der Waals surface area (Å²) in [5.41, 5.74) is 3.23. The highest BCUT2D eigenvalue weighted by Crippen LogP contribution is 2.28. The quantitative estimate of drug-likeness (QED) is 0.473. The van der Waals surface area contributed by atoms with E-state index in [2.05, 4.69) is 20.0 Å². The number of anilines is 1. The molecule has 0 saturated carbocycles. The second-order valence-electron chi connectivity index (χ2n) is 8.01. The molecule has 0 bridgehead atoms. The van der Waals surface area contributed by atoms with Crippen LogP contribution in [0.2, 0.25) is 0 Å². The average Bonchev–Trinajstić information content (AvgIpc) is 3.13. The SMILES string of the molecule is Cc1noc(-c2cccc(C3CN(c4nc(-c5ccncc5)cc(=O)n4C)CCCO3)c2)n1. The number of nitrogens with zero attached hydrogens (tertiary/aromatic N) is 6. The van der Waals surface area contributed by atoms with E-state index in [0.717, 1.165) is 29.7 Å². The van der Waals surface area contributed by atoms with E-state index in [-0.39, 0.29) is 11.7 Å². The van der Waals surface area contributed by atoms with Gasteiger partial charge in [-0.3, -0.25) is 14.3 Å². The van der Waals surface area contributed by atoms with Gasteiger partial charge in [-0.1, -0.05) is 17.3 Å². The van der Waals surface area contributed by atoms with Gasteiger partial charge in [0.15, 0.2) is 5.82 Å². The van der Waals surface area contributed by atoms with Crippen LogP contribution in [0.15, 0.2) is 64.2 Å². The lowest BCUT2D eigenvalue weighted by molar-refractivity contribution is 0.0686. The minimum atomic E-state index is -0.196. The van der Waals surface area contributed by atoms with E-state index in [1.165, 1.54) is 0 Å². The van der Waals surface area contributed by atoms with Gasteiger partial charge >= 0.3 is 0 Å². The highest BCUT2D eigenvalue weighted by Gasteiger charge is 2.24. The largest absolute Gasteiger partial charge is 0.372 e. The van der Waals surface area contributed by atoms with Gasteiger partial charge in [-0.2, -0.15) is 4.98 Å². The Labute approximate surface area is 190 Å². The lowest BCUT2D eigenvalue weighted by atomic mass is 10.1. The van der Waals surface area contributed by atoms with Crippen molar-refractivity contribution in [3.05, 3.63) is 76.6 Å². The van der Waals surface area contributed by atoms with Crippen LogP contribution in [0.3, 0.4) is 0 Å². The van der Waals surface area contributed by atoms with Crippen molar-refractivity contribution in [2.24, 2.45) is 7.05 Å². The van der Waals surface area contributed by atoms with Crippen LogP contribution in [0.25, 0.3) is 22.7 Å². The molecule has 1 unspecified atom stereocenters. The molecule has 1 atom stereocenters. The summed E-state index contributed by atoms with van der Waals surface area (Å²) in [6.45, 7) is 3.70. The van der Waals surface area contributed by atoms with E-state index in [4.69, 9.17) is 14.2 Å². The lowest BCUT2D eigenvalue weighted by Crippen LogP contribution is -2.34. The molecule has 1 saturated heterocycles. The van der Waals surface area contributed by atoms with Gasteiger partial charge in [-0.25, -0.2) is 4.98 Å². The third kappa shape index (κ3) is 4.40. The van der Waals surface area contributed by atoms with Crippen LogP contribution in [0.4, 0.5) is 5.95 Å². The summed E-state index contributed by atoms with van der Waals surface area (Å²) in [4.78, 5) is 28.1. The fourth-order valence-corrected chi connectivity index (χ4v) is 3.98.